The SMILES string of the molecule is NOC[C]=C(c1ccc(F)cc1)c1ccc(F)cc1. The van der Waals surface area contributed by atoms with Crippen LogP contribution in [0.4, 0.5) is 8.78 Å². The molecule has 0 aliphatic carbocycles. The number of benzene rings is 2. The van der Waals surface area contributed by atoms with Crippen molar-refractivity contribution in [2.45, 2.75) is 0 Å². The third kappa shape index (κ3) is 3.47. The Bertz CT molecular complexity index is 514. The van der Waals surface area contributed by atoms with E-state index in [4.69, 9.17) is 5.90 Å². The first-order valence-corrected chi connectivity index (χ1v) is 5.65. The molecule has 0 aliphatic heterocycles. The Morgan fingerprint density at radius 3 is 1.68 bits per heavy atom. The average molecular weight is 260 g/mol. The van der Waals surface area contributed by atoms with Crippen LogP contribution in [-0.4, -0.2) is 6.61 Å². The van der Waals surface area contributed by atoms with E-state index in [1.54, 1.807) is 24.3 Å². The zero-order valence-electron chi connectivity index (χ0n) is 10.1. The Morgan fingerprint density at radius 2 is 1.32 bits per heavy atom. The molecule has 0 spiro atoms. The van der Waals surface area contributed by atoms with Gasteiger partial charge in [0.25, 0.3) is 0 Å². The fraction of sp³-hybridized carbons (Fsp3) is 0.0667. The van der Waals surface area contributed by atoms with Crippen molar-refractivity contribution in [1.82, 2.24) is 0 Å². The third-order valence-corrected chi connectivity index (χ3v) is 2.60. The lowest BCUT2D eigenvalue weighted by Gasteiger charge is -2.08. The first kappa shape index (κ1) is 13.4. The van der Waals surface area contributed by atoms with E-state index in [1.807, 2.05) is 0 Å². The fourth-order valence-corrected chi connectivity index (χ4v) is 1.72. The van der Waals surface area contributed by atoms with E-state index in [1.165, 1.54) is 24.3 Å². The minimum atomic E-state index is -0.322. The summed E-state index contributed by atoms with van der Waals surface area (Å²) < 4.78 is 25.9. The van der Waals surface area contributed by atoms with Gasteiger partial charge in [-0.2, -0.15) is 0 Å². The zero-order valence-corrected chi connectivity index (χ0v) is 10.1. The van der Waals surface area contributed by atoms with Crippen molar-refractivity contribution < 1.29 is 13.6 Å². The number of hydrogen-bond donors (Lipinski definition) is 1. The van der Waals surface area contributed by atoms with Gasteiger partial charge in [-0.3, -0.25) is 4.84 Å². The van der Waals surface area contributed by atoms with Crippen LogP contribution in [0.15, 0.2) is 48.5 Å². The molecule has 0 atom stereocenters. The molecule has 0 fully saturated rings. The minimum absolute atomic E-state index is 0.0874. The molecule has 1 radical (unpaired) electrons. The number of rotatable bonds is 4. The van der Waals surface area contributed by atoms with E-state index in [9.17, 15) is 8.78 Å². The lowest BCUT2D eigenvalue weighted by Crippen LogP contribution is -2.00. The average Bonchev–Trinajstić information content (AvgIpc) is 2.43. The van der Waals surface area contributed by atoms with Crippen molar-refractivity contribution in [2.24, 2.45) is 5.90 Å². The predicted octanol–water partition coefficient (Wildman–Crippen LogP) is 3.09. The summed E-state index contributed by atoms with van der Waals surface area (Å²) in [6.07, 6.45) is 2.97. The van der Waals surface area contributed by atoms with Gasteiger partial charge in [0.1, 0.15) is 11.6 Å². The highest BCUT2D eigenvalue weighted by Gasteiger charge is 2.06. The van der Waals surface area contributed by atoms with Gasteiger partial charge in [0.2, 0.25) is 0 Å². The van der Waals surface area contributed by atoms with Crippen molar-refractivity contribution >= 4 is 5.57 Å². The van der Waals surface area contributed by atoms with Gasteiger partial charge in [-0.05, 0) is 47.0 Å². The van der Waals surface area contributed by atoms with E-state index in [2.05, 4.69) is 10.9 Å². The molecule has 2 N–H and O–H groups in total. The van der Waals surface area contributed by atoms with Crippen molar-refractivity contribution in [3.8, 4) is 0 Å². The molecule has 0 saturated heterocycles. The molecule has 0 bridgehead atoms. The van der Waals surface area contributed by atoms with Gasteiger partial charge in [-0.25, -0.2) is 14.7 Å². The van der Waals surface area contributed by atoms with Crippen LogP contribution in [0.25, 0.3) is 5.57 Å². The second kappa shape index (κ2) is 6.22. The molecule has 0 saturated carbocycles. The molecule has 0 heterocycles. The van der Waals surface area contributed by atoms with Gasteiger partial charge < -0.3 is 0 Å². The van der Waals surface area contributed by atoms with Crippen LogP contribution in [0.2, 0.25) is 0 Å². The molecule has 4 heteroatoms. The Kier molecular flexibility index (Phi) is 4.39. The van der Waals surface area contributed by atoms with Crippen LogP contribution in [0.5, 0.6) is 0 Å². The van der Waals surface area contributed by atoms with Gasteiger partial charge in [0.15, 0.2) is 0 Å². The molecule has 0 aliphatic rings. The zero-order chi connectivity index (χ0) is 13.7. The van der Waals surface area contributed by atoms with E-state index in [0.29, 0.717) is 5.57 Å². The molecule has 0 unspecified atom stereocenters. The van der Waals surface area contributed by atoms with E-state index in [-0.39, 0.29) is 18.2 Å². The molecular formula is C15H12F2NO. The first-order chi connectivity index (χ1) is 9.20. The minimum Gasteiger partial charge on any atom is -0.300 e. The second-order valence-electron chi connectivity index (χ2n) is 3.88. The summed E-state index contributed by atoms with van der Waals surface area (Å²) in [7, 11) is 0. The van der Waals surface area contributed by atoms with E-state index in [0.717, 1.165) is 11.1 Å². The Balaban J connectivity index is 2.41. The van der Waals surface area contributed by atoms with Crippen LogP contribution in [0, 0.1) is 17.7 Å². The van der Waals surface area contributed by atoms with Crippen molar-refractivity contribution in [1.29, 1.82) is 0 Å². The number of halogens is 2. The Labute approximate surface area is 110 Å². The molecule has 2 rings (SSSR count). The van der Waals surface area contributed by atoms with Crippen molar-refractivity contribution in [3.63, 3.8) is 0 Å². The molecule has 2 nitrogen and oxygen atoms in total. The van der Waals surface area contributed by atoms with E-state index >= 15 is 0 Å². The van der Waals surface area contributed by atoms with Gasteiger partial charge in [0, 0.05) is 0 Å². The highest BCUT2D eigenvalue weighted by molar-refractivity contribution is 5.78. The fourth-order valence-electron chi connectivity index (χ4n) is 1.72. The maximum Gasteiger partial charge on any atom is 0.123 e. The monoisotopic (exact) mass is 260 g/mol. The van der Waals surface area contributed by atoms with Gasteiger partial charge in [-0.1, -0.05) is 24.3 Å². The highest BCUT2D eigenvalue weighted by Crippen LogP contribution is 2.23. The summed E-state index contributed by atoms with van der Waals surface area (Å²) in [5.74, 6) is 4.34. The van der Waals surface area contributed by atoms with Crippen LogP contribution in [0.1, 0.15) is 11.1 Å². The topological polar surface area (TPSA) is 35.2 Å². The maximum atomic E-state index is 12.9. The van der Waals surface area contributed by atoms with Crippen molar-refractivity contribution in [3.05, 3.63) is 77.4 Å². The van der Waals surface area contributed by atoms with Crippen LogP contribution in [-0.2, 0) is 4.84 Å². The lowest BCUT2D eigenvalue weighted by atomic mass is 9.97. The lowest BCUT2D eigenvalue weighted by molar-refractivity contribution is 0.164. The van der Waals surface area contributed by atoms with Crippen molar-refractivity contribution in [2.75, 3.05) is 6.61 Å². The summed E-state index contributed by atoms with van der Waals surface area (Å²) >= 11 is 0. The second-order valence-corrected chi connectivity index (χ2v) is 3.88. The molecule has 0 aromatic heterocycles. The van der Waals surface area contributed by atoms with Gasteiger partial charge >= 0.3 is 0 Å². The first-order valence-electron chi connectivity index (χ1n) is 5.65. The molecule has 19 heavy (non-hydrogen) atoms. The predicted molar refractivity (Wildman–Crippen MR) is 68.7 cm³/mol. The van der Waals surface area contributed by atoms with Gasteiger partial charge in [0.05, 0.1) is 6.61 Å². The quantitative estimate of drug-likeness (QED) is 0.857. The third-order valence-electron chi connectivity index (χ3n) is 2.60. The summed E-state index contributed by atoms with van der Waals surface area (Å²) in [5.41, 5.74) is 2.19. The van der Waals surface area contributed by atoms with E-state index < -0.39 is 0 Å². The van der Waals surface area contributed by atoms with Crippen LogP contribution < -0.4 is 5.90 Å². The summed E-state index contributed by atoms with van der Waals surface area (Å²) in [6.45, 7) is 0.0874. The molecular weight excluding hydrogens is 248 g/mol. The number of nitrogens with two attached hydrogens (primary N) is 1. The smallest absolute Gasteiger partial charge is 0.123 e. The van der Waals surface area contributed by atoms with Gasteiger partial charge in [-0.15, -0.1) is 0 Å². The standard InChI is InChI=1S/C15H12F2NO/c16-13-5-1-11(2-6-13)15(9-10-19-18)12-3-7-14(17)8-4-12/h1-8H,10,18H2. The molecule has 0 amide bonds. The van der Waals surface area contributed by atoms with Crippen LogP contribution >= 0.6 is 0 Å². The number of hydrogen-bond acceptors (Lipinski definition) is 2. The summed E-state index contributed by atoms with van der Waals surface area (Å²) in [5, 5.41) is 0. The largest absolute Gasteiger partial charge is 0.300 e. The highest BCUT2D eigenvalue weighted by atomic mass is 19.1. The molecule has 2 aromatic carbocycles. The molecule has 97 valence electrons. The maximum absolute atomic E-state index is 12.9. The molecule has 2 aromatic rings. The summed E-state index contributed by atoms with van der Waals surface area (Å²) in [6, 6.07) is 11.9. The Morgan fingerprint density at radius 1 is 0.895 bits per heavy atom. The Hall–Kier alpha value is -2.04. The summed E-state index contributed by atoms with van der Waals surface area (Å²) in [4.78, 5) is 4.48. The van der Waals surface area contributed by atoms with Crippen LogP contribution in [0.3, 0.4) is 0 Å². The normalized spacial score (nSPS) is 10.3.